The number of carbonyl (C=O) groups is 1. The Balaban J connectivity index is 1.92. The quantitative estimate of drug-likeness (QED) is 0.815. The van der Waals surface area contributed by atoms with E-state index in [2.05, 4.69) is 5.32 Å². The van der Waals surface area contributed by atoms with Crippen molar-refractivity contribution in [1.29, 1.82) is 0 Å². The van der Waals surface area contributed by atoms with Crippen molar-refractivity contribution in [3.8, 4) is 0 Å². The van der Waals surface area contributed by atoms with E-state index in [9.17, 15) is 13.2 Å². The highest BCUT2D eigenvalue weighted by Gasteiger charge is 2.17. The van der Waals surface area contributed by atoms with Crippen LogP contribution in [0.4, 0.5) is 0 Å². The number of sulfone groups is 1. The van der Waals surface area contributed by atoms with Gasteiger partial charge in [-0.1, -0.05) is 35.3 Å². The van der Waals surface area contributed by atoms with Crippen LogP contribution in [0.2, 0.25) is 10.0 Å². The van der Waals surface area contributed by atoms with Crippen molar-refractivity contribution in [2.24, 2.45) is 0 Å². The fourth-order valence-corrected chi connectivity index (χ4v) is 3.63. The molecule has 2 aromatic carbocycles. The van der Waals surface area contributed by atoms with Crippen LogP contribution in [0.1, 0.15) is 24.9 Å². The highest BCUT2D eigenvalue weighted by Crippen LogP contribution is 2.18. The van der Waals surface area contributed by atoms with Gasteiger partial charge in [0, 0.05) is 16.5 Å². The average Bonchev–Trinajstić information content (AvgIpc) is 2.54. The monoisotopic (exact) mass is 385 g/mol. The number of nitrogens with one attached hydrogen (secondary N) is 1. The maximum Gasteiger partial charge on any atom is 0.221 e. The van der Waals surface area contributed by atoms with Crippen molar-refractivity contribution < 1.29 is 13.2 Å². The molecule has 0 saturated carbocycles. The standard InChI is InChI=1S/C17H17Cl2NO3S/c1-12(13-2-4-14(18)5-3-13)20-17(21)10-11-24(22,23)16-8-6-15(19)7-9-16/h2-9,12H,10-11H2,1H3,(H,20,21)/t12-/m0/s1. The summed E-state index contributed by atoms with van der Waals surface area (Å²) in [6.45, 7) is 1.83. The molecule has 0 aliphatic rings. The predicted octanol–water partition coefficient (Wildman–Crippen LogP) is 4.03. The molecule has 1 amide bonds. The number of halogens is 2. The Labute approximate surface area is 151 Å². The highest BCUT2D eigenvalue weighted by atomic mass is 35.5. The van der Waals surface area contributed by atoms with Crippen LogP contribution in [0.3, 0.4) is 0 Å². The summed E-state index contributed by atoms with van der Waals surface area (Å²) in [4.78, 5) is 12.2. The molecule has 4 nitrogen and oxygen atoms in total. The van der Waals surface area contributed by atoms with Crippen LogP contribution in [0.5, 0.6) is 0 Å². The van der Waals surface area contributed by atoms with Crippen LogP contribution in [0.25, 0.3) is 0 Å². The van der Waals surface area contributed by atoms with Crippen LogP contribution < -0.4 is 5.32 Å². The molecule has 2 rings (SSSR count). The van der Waals surface area contributed by atoms with Gasteiger partial charge in [-0.25, -0.2) is 8.42 Å². The predicted molar refractivity (Wildman–Crippen MR) is 96.1 cm³/mol. The van der Waals surface area contributed by atoms with Gasteiger partial charge in [-0.2, -0.15) is 0 Å². The maximum absolute atomic E-state index is 12.2. The zero-order valence-corrected chi connectivity index (χ0v) is 15.3. The van der Waals surface area contributed by atoms with E-state index in [0.717, 1.165) is 5.56 Å². The summed E-state index contributed by atoms with van der Waals surface area (Å²) in [5.74, 6) is -0.580. The summed E-state index contributed by atoms with van der Waals surface area (Å²) in [6.07, 6.45) is -0.108. The van der Waals surface area contributed by atoms with E-state index < -0.39 is 9.84 Å². The summed E-state index contributed by atoms with van der Waals surface area (Å²) in [7, 11) is -3.52. The second-order valence-corrected chi connectivity index (χ2v) is 8.35. The van der Waals surface area contributed by atoms with Gasteiger partial charge in [-0.3, -0.25) is 4.79 Å². The number of hydrogen-bond acceptors (Lipinski definition) is 3. The van der Waals surface area contributed by atoms with E-state index in [1.54, 1.807) is 12.1 Å². The van der Waals surface area contributed by atoms with Gasteiger partial charge in [0.05, 0.1) is 16.7 Å². The number of hydrogen-bond donors (Lipinski definition) is 1. The van der Waals surface area contributed by atoms with Crippen molar-refractivity contribution in [3.05, 3.63) is 64.1 Å². The first kappa shape index (κ1) is 18.8. The number of amides is 1. The van der Waals surface area contributed by atoms with Crippen molar-refractivity contribution in [1.82, 2.24) is 5.32 Å². The minimum Gasteiger partial charge on any atom is -0.350 e. The molecule has 7 heteroatoms. The van der Waals surface area contributed by atoms with Gasteiger partial charge in [-0.05, 0) is 48.9 Å². The SMILES string of the molecule is C[C@H](NC(=O)CCS(=O)(=O)c1ccc(Cl)cc1)c1ccc(Cl)cc1. The maximum atomic E-state index is 12.2. The lowest BCUT2D eigenvalue weighted by atomic mass is 10.1. The molecule has 1 atom stereocenters. The molecule has 0 aliphatic carbocycles. The molecule has 0 aromatic heterocycles. The number of carbonyl (C=O) groups excluding carboxylic acids is 1. The minimum atomic E-state index is -3.52. The van der Waals surface area contributed by atoms with Crippen LogP contribution in [-0.2, 0) is 14.6 Å². The van der Waals surface area contributed by atoms with Crippen molar-refractivity contribution in [2.45, 2.75) is 24.3 Å². The van der Waals surface area contributed by atoms with Crippen LogP contribution >= 0.6 is 23.2 Å². The van der Waals surface area contributed by atoms with Crippen molar-refractivity contribution in [3.63, 3.8) is 0 Å². The Kier molecular flexibility index (Phi) is 6.27. The van der Waals surface area contributed by atoms with Gasteiger partial charge in [-0.15, -0.1) is 0 Å². The first-order valence-electron chi connectivity index (χ1n) is 7.31. The summed E-state index contributed by atoms with van der Waals surface area (Å²) in [5.41, 5.74) is 0.897. The van der Waals surface area contributed by atoms with Gasteiger partial charge in [0.25, 0.3) is 0 Å². The third-order valence-corrected chi connectivity index (χ3v) is 5.75. The molecule has 1 N–H and O–H groups in total. The van der Waals surface area contributed by atoms with Crippen LogP contribution in [0, 0.1) is 0 Å². The lowest BCUT2D eigenvalue weighted by Gasteiger charge is -2.14. The summed E-state index contributed by atoms with van der Waals surface area (Å²) in [6, 6.07) is 12.8. The summed E-state index contributed by atoms with van der Waals surface area (Å²) >= 11 is 11.6. The lowest BCUT2D eigenvalue weighted by Crippen LogP contribution is -2.28. The first-order valence-corrected chi connectivity index (χ1v) is 9.72. The molecule has 0 saturated heterocycles. The number of benzene rings is 2. The summed E-state index contributed by atoms with van der Waals surface area (Å²) in [5, 5.41) is 3.86. The van der Waals surface area contributed by atoms with Gasteiger partial charge >= 0.3 is 0 Å². The zero-order valence-electron chi connectivity index (χ0n) is 13.0. The molecule has 2 aromatic rings. The van der Waals surface area contributed by atoms with Gasteiger partial charge in [0.2, 0.25) is 5.91 Å². The molecule has 24 heavy (non-hydrogen) atoms. The Bertz CT molecular complexity index is 803. The average molecular weight is 386 g/mol. The van der Waals surface area contributed by atoms with E-state index in [1.165, 1.54) is 24.3 Å². The normalized spacial score (nSPS) is 12.6. The summed E-state index contributed by atoms with van der Waals surface area (Å²) < 4.78 is 24.4. The molecule has 0 unspecified atom stereocenters. The number of rotatable bonds is 6. The molecule has 0 fully saturated rings. The fourth-order valence-electron chi connectivity index (χ4n) is 2.14. The Morgan fingerprint density at radius 2 is 1.50 bits per heavy atom. The Morgan fingerprint density at radius 3 is 2.04 bits per heavy atom. The van der Waals surface area contributed by atoms with Gasteiger partial charge in [0.15, 0.2) is 9.84 Å². The van der Waals surface area contributed by atoms with E-state index in [-0.39, 0.29) is 29.0 Å². The third kappa shape index (κ3) is 5.23. The molecular formula is C17H17Cl2NO3S. The highest BCUT2D eigenvalue weighted by molar-refractivity contribution is 7.91. The van der Waals surface area contributed by atoms with E-state index in [4.69, 9.17) is 23.2 Å². The van der Waals surface area contributed by atoms with E-state index >= 15 is 0 Å². The molecule has 0 aliphatic heterocycles. The first-order chi connectivity index (χ1) is 11.3. The van der Waals surface area contributed by atoms with Gasteiger partial charge < -0.3 is 5.32 Å². The fraction of sp³-hybridized carbons (Fsp3) is 0.235. The Morgan fingerprint density at radius 1 is 1.00 bits per heavy atom. The topological polar surface area (TPSA) is 63.2 Å². The third-order valence-electron chi connectivity index (χ3n) is 3.52. The van der Waals surface area contributed by atoms with Crippen molar-refractivity contribution in [2.75, 3.05) is 5.75 Å². The minimum absolute atomic E-state index is 0.108. The molecule has 0 bridgehead atoms. The van der Waals surface area contributed by atoms with E-state index in [0.29, 0.717) is 10.0 Å². The van der Waals surface area contributed by atoms with E-state index in [1.807, 2.05) is 19.1 Å². The van der Waals surface area contributed by atoms with Crippen LogP contribution in [0.15, 0.2) is 53.4 Å². The molecule has 0 heterocycles. The molecule has 0 spiro atoms. The largest absolute Gasteiger partial charge is 0.350 e. The molecule has 0 radical (unpaired) electrons. The van der Waals surface area contributed by atoms with Crippen molar-refractivity contribution >= 4 is 38.9 Å². The Hall–Kier alpha value is -1.56. The zero-order chi connectivity index (χ0) is 17.7. The second kappa shape index (κ2) is 8.01. The molecular weight excluding hydrogens is 369 g/mol. The smallest absolute Gasteiger partial charge is 0.221 e. The molecule has 128 valence electrons. The lowest BCUT2D eigenvalue weighted by molar-refractivity contribution is -0.121. The second-order valence-electron chi connectivity index (χ2n) is 5.36. The van der Waals surface area contributed by atoms with Gasteiger partial charge in [0.1, 0.15) is 0 Å². The van der Waals surface area contributed by atoms with Crippen LogP contribution in [-0.4, -0.2) is 20.1 Å².